The molecule has 29 heavy (non-hydrogen) atoms. The molecule has 0 amide bonds. The van der Waals surface area contributed by atoms with Crippen molar-refractivity contribution in [2.45, 2.75) is 13.8 Å². The first kappa shape index (κ1) is 18.4. The minimum Gasteiger partial charge on any atom is -0.867 e. The third-order valence-electron chi connectivity index (χ3n) is 4.43. The van der Waals surface area contributed by atoms with Crippen molar-refractivity contribution in [2.75, 3.05) is 0 Å². The molecule has 1 aromatic heterocycles. The fraction of sp³-hybridized carbons (Fsp3) is 0.0909. The second-order valence-corrected chi connectivity index (χ2v) is 6.76. The van der Waals surface area contributed by atoms with Crippen LogP contribution >= 0.6 is 0 Å². The predicted molar refractivity (Wildman–Crippen MR) is 109 cm³/mol. The molecule has 0 aliphatic carbocycles. The van der Waals surface area contributed by atoms with Crippen molar-refractivity contribution in [2.24, 2.45) is 4.99 Å². The number of aliphatic imine (C=N–C) groups is 1. The molecule has 0 spiro atoms. The topological polar surface area (TPSA) is 105 Å². The zero-order valence-corrected chi connectivity index (χ0v) is 15.7. The molecule has 0 unspecified atom stereocenters. The Morgan fingerprint density at radius 3 is 2.69 bits per heavy atom. The molecule has 0 bridgehead atoms. The van der Waals surface area contributed by atoms with Crippen molar-refractivity contribution >= 4 is 28.7 Å². The van der Waals surface area contributed by atoms with Crippen LogP contribution in [0.15, 0.2) is 64.0 Å². The molecule has 7 nitrogen and oxygen atoms in total. The minimum atomic E-state index is -0.678. The molecule has 4 aromatic rings. The number of hydrogen-bond acceptors (Lipinski definition) is 6. The molecule has 7 heteroatoms. The largest absolute Gasteiger partial charge is 0.867 e. The molecule has 4 rings (SSSR count). The molecular weight excluding hydrogens is 370 g/mol. The predicted octanol–water partition coefficient (Wildman–Crippen LogP) is 4.84. The maximum atomic E-state index is 12.2. The Morgan fingerprint density at radius 2 is 1.90 bits per heavy atom. The maximum absolute atomic E-state index is 12.2. The number of fused-ring (bicyclic) bond motifs is 1. The van der Waals surface area contributed by atoms with Gasteiger partial charge in [0.15, 0.2) is 5.58 Å². The summed E-state index contributed by atoms with van der Waals surface area (Å²) in [5.74, 6) is -0.187. The Morgan fingerprint density at radius 1 is 1.07 bits per heavy atom. The van der Waals surface area contributed by atoms with E-state index in [0.29, 0.717) is 22.7 Å². The molecule has 0 aliphatic heterocycles. The van der Waals surface area contributed by atoms with Gasteiger partial charge in [-0.05, 0) is 66.6 Å². The Kier molecular flexibility index (Phi) is 4.56. The second-order valence-electron chi connectivity index (χ2n) is 6.76. The van der Waals surface area contributed by atoms with E-state index in [1.807, 2.05) is 31.2 Å². The molecule has 0 saturated heterocycles. The van der Waals surface area contributed by atoms with Crippen molar-refractivity contribution in [3.8, 4) is 17.2 Å². The highest BCUT2D eigenvalue weighted by Gasteiger charge is 2.11. The standard InChI is InChI=1S/C22H17N3O4/c1-13-6-7-18-20(10-13)29-22(24-18)15-4-3-5-17(11-15)23-12-16-8-14(2)9-19(21(16)26)25(27)28/h3-12,26H,1-2H3/p-1. The van der Waals surface area contributed by atoms with Crippen molar-refractivity contribution in [1.29, 1.82) is 0 Å². The Bertz CT molecular complexity index is 1270. The number of nitrogens with zero attached hydrogens (tertiary/aromatic N) is 3. The summed E-state index contributed by atoms with van der Waals surface area (Å²) in [6, 6.07) is 15.8. The van der Waals surface area contributed by atoms with Crippen LogP contribution in [0.3, 0.4) is 0 Å². The molecule has 144 valence electrons. The average molecular weight is 386 g/mol. The molecule has 0 aliphatic rings. The molecule has 0 radical (unpaired) electrons. The van der Waals surface area contributed by atoms with Gasteiger partial charge in [0, 0.05) is 17.8 Å². The SMILES string of the molecule is Cc1cc(C=Nc2cccc(-c3nc4ccc(C)cc4o3)c2)c([O-])c([N+](=O)[O-])c1. The van der Waals surface area contributed by atoms with Crippen molar-refractivity contribution in [3.63, 3.8) is 0 Å². The van der Waals surface area contributed by atoms with Crippen LogP contribution < -0.4 is 5.11 Å². The van der Waals surface area contributed by atoms with Gasteiger partial charge in [-0.1, -0.05) is 18.2 Å². The Hall–Kier alpha value is -4.00. The zero-order chi connectivity index (χ0) is 20.5. The van der Waals surface area contributed by atoms with E-state index in [1.54, 1.807) is 31.2 Å². The summed E-state index contributed by atoms with van der Waals surface area (Å²) in [6.45, 7) is 3.68. The molecule has 3 aromatic carbocycles. The lowest BCUT2D eigenvalue weighted by Gasteiger charge is -2.11. The van der Waals surface area contributed by atoms with E-state index in [2.05, 4.69) is 9.98 Å². The van der Waals surface area contributed by atoms with E-state index >= 15 is 0 Å². The molecular formula is C22H16N3O4-. The number of nitro benzene ring substituents is 1. The van der Waals surface area contributed by atoms with Gasteiger partial charge in [0.1, 0.15) is 5.52 Å². The highest BCUT2D eigenvalue weighted by Crippen LogP contribution is 2.30. The normalized spacial score (nSPS) is 11.4. The number of oxazole rings is 1. The van der Waals surface area contributed by atoms with Crippen LogP contribution in [0.2, 0.25) is 0 Å². The van der Waals surface area contributed by atoms with Crippen molar-refractivity contribution in [1.82, 2.24) is 4.98 Å². The Labute approximate surface area is 166 Å². The van der Waals surface area contributed by atoms with Gasteiger partial charge in [-0.2, -0.15) is 0 Å². The number of benzene rings is 3. The lowest BCUT2D eigenvalue weighted by atomic mass is 10.1. The van der Waals surface area contributed by atoms with E-state index in [0.717, 1.165) is 16.6 Å². The van der Waals surface area contributed by atoms with Crippen LogP contribution in [0.1, 0.15) is 16.7 Å². The fourth-order valence-electron chi connectivity index (χ4n) is 3.03. The average Bonchev–Trinajstić information content (AvgIpc) is 3.11. The van der Waals surface area contributed by atoms with Crippen LogP contribution in [0.4, 0.5) is 11.4 Å². The Balaban J connectivity index is 1.68. The van der Waals surface area contributed by atoms with E-state index < -0.39 is 16.4 Å². The van der Waals surface area contributed by atoms with E-state index in [4.69, 9.17) is 4.42 Å². The van der Waals surface area contributed by atoms with Crippen LogP contribution in [-0.4, -0.2) is 16.1 Å². The van der Waals surface area contributed by atoms with Gasteiger partial charge in [-0.25, -0.2) is 4.98 Å². The molecule has 0 fully saturated rings. The van der Waals surface area contributed by atoms with E-state index in [-0.39, 0.29) is 5.56 Å². The van der Waals surface area contributed by atoms with Gasteiger partial charge in [0.25, 0.3) is 5.69 Å². The third-order valence-corrected chi connectivity index (χ3v) is 4.43. The summed E-state index contributed by atoms with van der Waals surface area (Å²) in [5, 5.41) is 23.3. The number of hydrogen-bond donors (Lipinski definition) is 0. The molecule has 0 atom stereocenters. The summed E-state index contributed by atoms with van der Waals surface area (Å²) >= 11 is 0. The summed E-state index contributed by atoms with van der Waals surface area (Å²) in [6.07, 6.45) is 1.34. The molecule has 1 heterocycles. The fourth-order valence-corrected chi connectivity index (χ4v) is 3.03. The molecule has 0 N–H and O–H groups in total. The van der Waals surface area contributed by atoms with Gasteiger partial charge in [0.2, 0.25) is 5.89 Å². The van der Waals surface area contributed by atoms with Gasteiger partial charge in [-0.3, -0.25) is 15.1 Å². The smallest absolute Gasteiger partial charge is 0.262 e. The van der Waals surface area contributed by atoms with Gasteiger partial charge < -0.3 is 9.52 Å². The van der Waals surface area contributed by atoms with Crippen LogP contribution in [-0.2, 0) is 0 Å². The summed E-state index contributed by atoms with van der Waals surface area (Å²) in [7, 11) is 0. The van der Waals surface area contributed by atoms with Gasteiger partial charge in [-0.15, -0.1) is 0 Å². The zero-order valence-electron chi connectivity index (χ0n) is 15.7. The molecule has 0 saturated carbocycles. The first-order chi connectivity index (χ1) is 13.9. The first-order valence-electron chi connectivity index (χ1n) is 8.88. The van der Waals surface area contributed by atoms with Crippen LogP contribution in [0.5, 0.6) is 5.75 Å². The number of nitro groups is 1. The van der Waals surface area contributed by atoms with E-state index in [1.165, 1.54) is 12.3 Å². The second kappa shape index (κ2) is 7.20. The van der Waals surface area contributed by atoms with Crippen molar-refractivity contribution in [3.05, 3.63) is 81.4 Å². The summed E-state index contributed by atoms with van der Waals surface area (Å²) < 4.78 is 5.84. The van der Waals surface area contributed by atoms with Crippen LogP contribution in [0.25, 0.3) is 22.6 Å². The van der Waals surface area contributed by atoms with Gasteiger partial charge >= 0.3 is 0 Å². The lowest BCUT2D eigenvalue weighted by Crippen LogP contribution is -2.02. The monoisotopic (exact) mass is 386 g/mol. The summed E-state index contributed by atoms with van der Waals surface area (Å²) in [5.41, 5.74) is 4.20. The van der Waals surface area contributed by atoms with E-state index in [9.17, 15) is 15.2 Å². The summed E-state index contributed by atoms with van der Waals surface area (Å²) in [4.78, 5) is 19.2. The highest BCUT2D eigenvalue weighted by molar-refractivity contribution is 5.88. The highest BCUT2D eigenvalue weighted by atomic mass is 16.6. The lowest BCUT2D eigenvalue weighted by molar-refractivity contribution is -0.398. The minimum absolute atomic E-state index is 0.166. The van der Waals surface area contributed by atoms with Crippen LogP contribution in [0, 0.1) is 24.0 Å². The quantitative estimate of drug-likeness (QED) is 0.283. The maximum Gasteiger partial charge on any atom is 0.262 e. The first-order valence-corrected chi connectivity index (χ1v) is 8.88. The third kappa shape index (κ3) is 3.70. The number of rotatable bonds is 4. The van der Waals surface area contributed by atoms with Crippen molar-refractivity contribution < 1.29 is 14.4 Å². The number of aryl methyl sites for hydroxylation is 2. The van der Waals surface area contributed by atoms with Gasteiger partial charge in [0.05, 0.1) is 10.6 Å². The number of aromatic nitrogens is 1.